The first kappa shape index (κ1) is 24.9. The lowest BCUT2D eigenvalue weighted by atomic mass is 9.68. The average molecular weight is 571 g/mol. The van der Waals surface area contributed by atoms with Gasteiger partial charge in [0.15, 0.2) is 0 Å². The van der Waals surface area contributed by atoms with Crippen LogP contribution in [-0.2, 0) is 5.41 Å². The maximum Gasteiger partial charge on any atom is 0.0159 e. The van der Waals surface area contributed by atoms with Crippen LogP contribution in [0.1, 0.15) is 25.0 Å². The van der Waals surface area contributed by atoms with E-state index in [1.165, 1.54) is 98.4 Å². The molecule has 0 fully saturated rings. The minimum atomic E-state index is -0.0595. The van der Waals surface area contributed by atoms with Gasteiger partial charge in [0.25, 0.3) is 0 Å². The molecule has 45 heavy (non-hydrogen) atoms. The average Bonchev–Trinajstić information content (AvgIpc) is 3.09. The lowest BCUT2D eigenvalue weighted by Gasteiger charge is -2.35. The Morgan fingerprint density at radius 3 is 1.82 bits per heavy atom. The fourth-order valence-corrected chi connectivity index (χ4v) is 8.47. The van der Waals surface area contributed by atoms with Crippen LogP contribution >= 0.6 is 0 Å². The number of rotatable bonds is 2. The van der Waals surface area contributed by atoms with Gasteiger partial charge in [-0.2, -0.15) is 0 Å². The van der Waals surface area contributed by atoms with E-state index >= 15 is 0 Å². The Morgan fingerprint density at radius 1 is 0.333 bits per heavy atom. The molecule has 0 bridgehead atoms. The molecular weight excluding hydrogens is 540 g/mol. The zero-order chi connectivity index (χ0) is 29.9. The van der Waals surface area contributed by atoms with E-state index in [-0.39, 0.29) is 5.41 Å². The summed E-state index contributed by atoms with van der Waals surface area (Å²) in [5.74, 6) is 0. The van der Waals surface area contributed by atoms with E-state index in [1.807, 2.05) is 0 Å². The third kappa shape index (κ3) is 3.32. The molecule has 0 aromatic heterocycles. The topological polar surface area (TPSA) is 0 Å². The molecule has 0 unspecified atom stereocenters. The molecule has 0 aliphatic heterocycles. The molecule has 0 saturated heterocycles. The van der Waals surface area contributed by atoms with Gasteiger partial charge in [0.05, 0.1) is 0 Å². The van der Waals surface area contributed by atoms with Gasteiger partial charge >= 0.3 is 0 Å². The SMILES string of the molecule is CC1(C)c2ccccc2-c2cccc3c(-c4cccc5cc(-c6ccc7ccc8cccc9ccc6c7c89)ccc45)ccc1c23. The molecule has 0 N–H and O–H groups in total. The fraction of sp³-hybridized carbons (Fsp3) is 0.0667. The van der Waals surface area contributed by atoms with Crippen molar-refractivity contribution in [2.75, 3.05) is 0 Å². The van der Waals surface area contributed by atoms with Crippen LogP contribution in [-0.4, -0.2) is 0 Å². The third-order valence-corrected chi connectivity index (χ3v) is 10.6. The van der Waals surface area contributed by atoms with Crippen molar-refractivity contribution in [1.29, 1.82) is 0 Å². The Balaban J connectivity index is 1.18. The van der Waals surface area contributed by atoms with Gasteiger partial charge in [0, 0.05) is 5.41 Å². The van der Waals surface area contributed by atoms with Gasteiger partial charge in [0.2, 0.25) is 0 Å². The molecule has 210 valence electrons. The smallest absolute Gasteiger partial charge is 0.0159 e. The molecule has 9 aromatic rings. The first-order chi connectivity index (χ1) is 22.1. The van der Waals surface area contributed by atoms with Gasteiger partial charge in [-0.15, -0.1) is 0 Å². The lowest BCUT2D eigenvalue weighted by molar-refractivity contribution is 0.645. The summed E-state index contributed by atoms with van der Waals surface area (Å²) in [5.41, 5.74) is 10.6. The van der Waals surface area contributed by atoms with Crippen molar-refractivity contribution in [2.24, 2.45) is 0 Å². The molecule has 0 spiro atoms. The quantitative estimate of drug-likeness (QED) is 0.181. The summed E-state index contributed by atoms with van der Waals surface area (Å²) in [6.45, 7) is 4.74. The Labute approximate surface area is 262 Å². The van der Waals surface area contributed by atoms with E-state index in [1.54, 1.807) is 0 Å². The van der Waals surface area contributed by atoms with Gasteiger partial charge < -0.3 is 0 Å². The van der Waals surface area contributed by atoms with E-state index in [9.17, 15) is 0 Å². The predicted octanol–water partition coefficient (Wildman–Crippen LogP) is 12.5. The summed E-state index contributed by atoms with van der Waals surface area (Å²) in [5, 5.41) is 13.2. The van der Waals surface area contributed by atoms with Crippen LogP contribution in [0.25, 0.3) is 87.2 Å². The Morgan fingerprint density at radius 2 is 0.933 bits per heavy atom. The fourth-order valence-electron chi connectivity index (χ4n) is 8.47. The number of hydrogen-bond donors (Lipinski definition) is 0. The van der Waals surface area contributed by atoms with Gasteiger partial charge in [-0.1, -0.05) is 153 Å². The third-order valence-electron chi connectivity index (χ3n) is 10.6. The summed E-state index contributed by atoms with van der Waals surface area (Å²) in [7, 11) is 0. The van der Waals surface area contributed by atoms with Gasteiger partial charge in [-0.05, 0) is 104 Å². The highest BCUT2D eigenvalue weighted by Crippen LogP contribution is 2.50. The standard InChI is InChI=1S/C45H30/c1-45(2)40-15-4-3-11-36(40)38-14-7-13-37-35(24-25-41(45)44(37)38)34-12-6-10-30-26-31(20-22-32(30)34)33-21-18-29-17-16-27-8-5-9-28-19-23-39(33)43(29)42(27)28/h3-26H,1-2H3. The minimum Gasteiger partial charge on any atom is -0.0619 e. The van der Waals surface area contributed by atoms with Crippen LogP contribution in [0.15, 0.2) is 146 Å². The molecule has 0 heterocycles. The van der Waals surface area contributed by atoms with Crippen molar-refractivity contribution in [2.45, 2.75) is 19.3 Å². The summed E-state index contributed by atoms with van der Waals surface area (Å²) in [4.78, 5) is 0. The first-order valence-corrected chi connectivity index (χ1v) is 15.9. The van der Waals surface area contributed by atoms with Crippen LogP contribution in [0.4, 0.5) is 0 Å². The van der Waals surface area contributed by atoms with Crippen LogP contribution in [0.5, 0.6) is 0 Å². The lowest BCUT2D eigenvalue weighted by Crippen LogP contribution is -2.23. The normalized spacial score (nSPS) is 13.7. The van der Waals surface area contributed by atoms with Crippen molar-refractivity contribution in [3.8, 4) is 33.4 Å². The molecule has 0 radical (unpaired) electrons. The second-order valence-electron chi connectivity index (χ2n) is 13.3. The zero-order valence-corrected chi connectivity index (χ0v) is 25.4. The second kappa shape index (κ2) is 8.80. The van der Waals surface area contributed by atoms with Crippen LogP contribution in [0.3, 0.4) is 0 Å². The number of fused-ring (bicyclic) bond motifs is 3. The largest absolute Gasteiger partial charge is 0.0619 e. The van der Waals surface area contributed by atoms with Crippen molar-refractivity contribution < 1.29 is 0 Å². The molecule has 10 rings (SSSR count). The zero-order valence-electron chi connectivity index (χ0n) is 25.4. The van der Waals surface area contributed by atoms with Crippen molar-refractivity contribution in [3.05, 3.63) is 157 Å². The van der Waals surface area contributed by atoms with Crippen LogP contribution in [0, 0.1) is 0 Å². The van der Waals surface area contributed by atoms with E-state index in [4.69, 9.17) is 0 Å². The summed E-state index contributed by atoms with van der Waals surface area (Å²) >= 11 is 0. The Hall–Kier alpha value is -5.46. The number of benzene rings is 9. The van der Waals surface area contributed by atoms with Crippen LogP contribution in [0.2, 0.25) is 0 Å². The molecule has 1 aliphatic carbocycles. The van der Waals surface area contributed by atoms with Crippen molar-refractivity contribution >= 4 is 53.9 Å². The second-order valence-corrected chi connectivity index (χ2v) is 13.3. The maximum atomic E-state index is 2.38. The molecular formula is C45H30. The summed E-state index contributed by atoms with van der Waals surface area (Å²) in [6, 6.07) is 54.7. The van der Waals surface area contributed by atoms with E-state index < -0.39 is 0 Å². The Kier molecular flexibility index (Phi) is 4.88. The van der Waals surface area contributed by atoms with E-state index in [0.29, 0.717) is 0 Å². The molecule has 0 nitrogen and oxygen atoms in total. The van der Waals surface area contributed by atoms with Crippen molar-refractivity contribution in [1.82, 2.24) is 0 Å². The van der Waals surface area contributed by atoms with Crippen molar-refractivity contribution in [3.63, 3.8) is 0 Å². The molecule has 0 heteroatoms. The molecule has 9 aromatic carbocycles. The van der Waals surface area contributed by atoms with Gasteiger partial charge in [0.1, 0.15) is 0 Å². The summed E-state index contributed by atoms with van der Waals surface area (Å²) in [6.07, 6.45) is 0. The summed E-state index contributed by atoms with van der Waals surface area (Å²) < 4.78 is 0. The highest BCUT2D eigenvalue weighted by molar-refractivity contribution is 6.25. The maximum absolute atomic E-state index is 2.38. The predicted molar refractivity (Wildman–Crippen MR) is 194 cm³/mol. The Bertz CT molecular complexity index is 2650. The molecule has 0 saturated carbocycles. The van der Waals surface area contributed by atoms with Gasteiger partial charge in [-0.25, -0.2) is 0 Å². The monoisotopic (exact) mass is 570 g/mol. The number of hydrogen-bond acceptors (Lipinski definition) is 0. The minimum absolute atomic E-state index is 0.0595. The molecule has 0 atom stereocenters. The van der Waals surface area contributed by atoms with E-state index in [2.05, 4.69) is 159 Å². The molecule has 1 aliphatic rings. The van der Waals surface area contributed by atoms with Gasteiger partial charge in [-0.3, -0.25) is 0 Å². The first-order valence-electron chi connectivity index (χ1n) is 15.9. The van der Waals surface area contributed by atoms with Crippen LogP contribution < -0.4 is 0 Å². The molecule has 0 amide bonds. The highest BCUT2D eigenvalue weighted by atomic mass is 14.4. The van der Waals surface area contributed by atoms with E-state index in [0.717, 1.165) is 0 Å². The highest BCUT2D eigenvalue weighted by Gasteiger charge is 2.33.